The highest BCUT2D eigenvalue weighted by Crippen LogP contribution is 2.29. The molecular formula is C14H18N2. The maximum atomic E-state index is 3.58. The SMILES string of the molecule is CCc1cccc2[nH]c3c(c12)CNC(C)C3. The third-order valence-corrected chi connectivity index (χ3v) is 3.62. The molecule has 0 aliphatic carbocycles. The molecule has 2 N–H and O–H groups in total. The third-order valence-electron chi connectivity index (χ3n) is 3.62. The van der Waals surface area contributed by atoms with Crippen molar-refractivity contribution < 1.29 is 0 Å². The highest BCUT2D eigenvalue weighted by atomic mass is 14.9. The summed E-state index contributed by atoms with van der Waals surface area (Å²) < 4.78 is 0. The van der Waals surface area contributed by atoms with Crippen LogP contribution in [0.2, 0.25) is 0 Å². The van der Waals surface area contributed by atoms with Crippen molar-refractivity contribution in [3.63, 3.8) is 0 Å². The van der Waals surface area contributed by atoms with Gasteiger partial charge in [-0.3, -0.25) is 0 Å². The van der Waals surface area contributed by atoms with E-state index in [0.29, 0.717) is 6.04 Å². The average molecular weight is 214 g/mol. The summed E-state index contributed by atoms with van der Waals surface area (Å²) in [6.45, 7) is 5.48. The van der Waals surface area contributed by atoms with Gasteiger partial charge in [0.05, 0.1) is 0 Å². The summed E-state index contributed by atoms with van der Waals surface area (Å²) >= 11 is 0. The quantitative estimate of drug-likeness (QED) is 0.750. The van der Waals surface area contributed by atoms with Gasteiger partial charge in [-0.15, -0.1) is 0 Å². The molecule has 16 heavy (non-hydrogen) atoms. The monoisotopic (exact) mass is 214 g/mol. The Labute approximate surface area is 96.1 Å². The van der Waals surface area contributed by atoms with Crippen molar-refractivity contribution in [3.05, 3.63) is 35.0 Å². The van der Waals surface area contributed by atoms with E-state index in [1.54, 1.807) is 0 Å². The Hall–Kier alpha value is -1.28. The Morgan fingerprint density at radius 3 is 3.06 bits per heavy atom. The lowest BCUT2D eigenvalue weighted by Crippen LogP contribution is -2.32. The van der Waals surface area contributed by atoms with Crippen LogP contribution in [0.3, 0.4) is 0 Å². The lowest BCUT2D eigenvalue weighted by atomic mass is 9.98. The van der Waals surface area contributed by atoms with Gasteiger partial charge in [0.1, 0.15) is 0 Å². The Kier molecular flexibility index (Phi) is 2.25. The van der Waals surface area contributed by atoms with Gasteiger partial charge >= 0.3 is 0 Å². The second-order valence-electron chi connectivity index (χ2n) is 4.76. The number of aromatic nitrogens is 1. The largest absolute Gasteiger partial charge is 0.358 e. The van der Waals surface area contributed by atoms with Crippen LogP contribution in [0.4, 0.5) is 0 Å². The van der Waals surface area contributed by atoms with Crippen molar-refractivity contribution in [2.24, 2.45) is 0 Å². The Bertz CT molecular complexity index is 525. The number of aryl methyl sites for hydroxylation is 1. The smallest absolute Gasteiger partial charge is 0.0462 e. The van der Waals surface area contributed by atoms with Crippen molar-refractivity contribution in [2.45, 2.75) is 39.3 Å². The Morgan fingerprint density at radius 1 is 1.38 bits per heavy atom. The average Bonchev–Trinajstić information content (AvgIpc) is 2.65. The summed E-state index contributed by atoms with van der Waals surface area (Å²) in [4.78, 5) is 3.58. The van der Waals surface area contributed by atoms with E-state index in [0.717, 1.165) is 19.4 Å². The highest BCUT2D eigenvalue weighted by molar-refractivity contribution is 5.88. The highest BCUT2D eigenvalue weighted by Gasteiger charge is 2.19. The van der Waals surface area contributed by atoms with Gasteiger partial charge in [-0.1, -0.05) is 19.1 Å². The molecule has 1 aromatic heterocycles. The standard InChI is InChI=1S/C14H18N2/c1-3-10-5-4-6-12-14(10)11-8-15-9(2)7-13(11)16-12/h4-6,9,15-16H,3,7-8H2,1-2H3. The van der Waals surface area contributed by atoms with Gasteiger partial charge in [-0.25, -0.2) is 0 Å². The van der Waals surface area contributed by atoms with Crippen LogP contribution in [-0.2, 0) is 19.4 Å². The first-order chi connectivity index (χ1) is 7.79. The van der Waals surface area contributed by atoms with E-state index >= 15 is 0 Å². The summed E-state index contributed by atoms with van der Waals surface area (Å²) in [5.41, 5.74) is 5.69. The van der Waals surface area contributed by atoms with Crippen LogP contribution >= 0.6 is 0 Å². The number of benzene rings is 1. The molecule has 0 fully saturated rings. The zero-order valence-corrected chi connectivity index (χ0v) is 9.93. The molecule has 2 aromatic rings. The maximum absolute atomic E-state index is 3.58. The summed E-state index contributed by atoms with van der Waals surface area (Å²) in [5, 5.41) is 5.01. The van der Waals surface area contributed by atoms with Gasteiger partial charge in [0, 0.05) is 35.6 Å². The molecule has 0 spiro atoms. The number of nitrogens with one attached hydrogen (secondary N) is 2. The van der Waals surface area contributed by atoms with Gasteiger partial charge in [0.2, 0.25) is 0 Å². The number of rotatable bonds is 1. The molecule has 0 amide bonds. The normalized spacial score (nSPS) is 20.0. The Balaban J connectivity index is 2.26. The fourth-order valence-electron chi connectivity index (χ4n) is 2.77. The van der Waals surface area contributed by atoms with E-state index in [1.165, 1.54) is 27.7 Å². The van der Waals surface area contributed by atoms with Crippen LogP contribution in [0.1, 0.15) is 30.7 Å². The molecule has 0 radical (unpaired) electrons. The van der Waals surface area contributed by atoms with Crippen LogP contribution in [0.5, 0.6) is 0 Å². The van der Waals surface area contributed by atoms with E-state index in [1.807, 2.05) is 0 Å². The number of hydrogen-bond donors (Lipinski definition) is 2. The number of hydrogen-bond acceptors (Lipinski definition) is 1. The molecule has 1 aliphatic heterocycles. The molecule has 2 heterocycles. The minimum atomic E-state index is 0.589. The summed E-state index contributed by atoms with van der Waals surface area (Å²) in [6.07, 6.45) is 2.23. The molecule has 84 valence electrons. The van der Waals surface area contributed by atoms with Crippen LogP contribution in [0.15, 0.2) is 18.2 Å². The van der Waals surface area contributed by atoms with Gasteiger partial charge in [0.25, 0.3) is 0 Å². The molecule has 1 unspecified atom stereocenters. The first-order valence-corrected chi connectivity index (χ1v) is 6.14. The topological polar surface area (TPSA) is 27.8 Å². The molecule has 3 rings (SSSR count). The van der Waals surface area contributed by atoms with Crippen LogP contribution in [0.25, 0.3) is 10.9 Å². The van der Waals surface area contributed by atoms with Gasteiger partial charge < -0.3 is 10.3 Å². The second kappa shape index (κ2) is 3.63. The lowest BCUT2D eigenvalue weighted by molar-refractivity contribution is 0.511. The number of H-pyrrole nitrogens is 1. The predicted molar refractivity (Wildman–Crippen MR) is 67.7 cm³/mol. The maximum Gasteiger partial charge on any atom is 0.0462 e. The molecule has 0 saturated heterocycles. The first-order valence-electron chi connectivity index (χ1n) is 6.14. The first kappa shape index (κ1) is 9.91. The molecule has 0 bridgehead atoms. The van der Waals surface area contributed by atoms with Crippen molar-refractivity contribution in [1.82, 2.24) is 10.3 Å². The molecule has 0 saturated carbocycles. The predicted octanol–water partition coefficient (Wildman–Crippen LogP) is 2.76. The number of fused-ring (bicyclic) bond motifs is 3. The molecule has 1 atom stereocenters. The molecule has 2 heteroatoms. The van der Waals surface area contributed by atoms with Gasteiger partial charge in [-0.05, 0) is 30.5 Å². The fourth-order valence-corrected chi connectivity index (χ4v) is 2.77. The minimum absolute atomic E-state index is 0.589. The molecule has 1 aliphatic rings. The van der Waals surface area contributed by atoms with Crippen molar-refractivity contribution in [1.29, 1.82) is 0 Å². The number of aromatic amines is 1. The zero-order chi connectivity index (χ0) is 11.1. The van der Waals surface area contributed by atoms with Crippen LogP contribution < -0.4 is 5.32 Å². The van der Waals surface area contributed by atoms with Gasteiger partial charge in [0.15, 0.2) is 0 Å². The van der Waals surface area contributed by atoms with E-state index in [2.05, 4.69) is 42.3 Å². The summed E-state index contributed by atoms with van der Waals surface area (Å²) in [6, 6.07) is 7.18. The van der Waals surface area contributed by atoms with E-state index in [9.17, 15) is 0 Å². The molecule has 1 aromatic carbocycles. The zero-order valence-electron chi connectivity index (χ0n) is 9.93. The molecule has 2 nitrogen and oxygen atoms in total. The van der Waals surface area contributed by atoms with Crippen molar-refractivity contribution in [3.8, 4) is 0 Å². The van der Waals surface area contributed by atoms with E-state index < -0.39 is 0 Å². The minimum Gasteiger partial charge on any atom is -0.358 e. The fraction of sp³-hybridized carbons (Fsp3) is 0.429. The van der Waals surface area contributed by atoms with Crippen LogP contribution in [-0.4, -0.2) is 11.0 Å². The second-order valence-corrected chi connectivity index (χ2v) is 4.76. The molecular weight excluding hydrogens is 196 g/mol. The summed E-state index contributed by atoms with van der Waals surface area (Å²) in [7, 11) is 0. The van der Waals surface area contributed by atoms with Crippen LogP contribution in [0, 0.1) is 0 Å². The summed E-state index contributed by atoms with van der Waals surface area (Å²) in [5.74, 6) is 0. The van der Waals surface area contributed by atoms with E-state index in [4.69, 9.17) is 0 Å². The third kappa shape index (κ3) is 1.37. The van der Waals surface area contributed by atoms with E-state index in [-0.39, 0.29) is 0 Å². The Morgan fingerprint density at radius 2 is 2.25 bits per heavy atom. The van der Waals surface area contributed by atoms with Crippen molar-refractivity contribution in [2.75, 3.05) is 0 Å². The van der Waals surface area contributed by atoms with Crippen molar-refractivity contribution >= 4 is 10.9 Å². The lowest BCUT2D eigenvalue weighted by Gasteiger charge is -2.20. The van der Waals surface area contributed by atoms with Gasteiger partial charge in [-0.2, -0.15) is 0 Å².